The minimum absolute atomic E-state index is 0.166. The second kappa shape index (κ2) is 6.52. The lowest BCUT2D eigenvalue weighted by Gasteiger charge is -2.08. The molecular weight excluding hydrogens is 269 g/mol. The first-order chi connectivity index (χ1) is 9.97. The van der Waals surface area contributed by atoms with E-state index in [0.29, 0.717) is 17.7 Å². The molecule has 112 valence electrons. The van der Waals surface area contributed by atoms with Crippen molar-refractivity contribution >= 4 is 5.91 Å². The van der Waals surface area contributed by atoms with Crippen molar-refractivity contribution in [2.45, 2.75) is 33.7 Å². The quantitative estimate of drug-likeness (QED) is 0.860. The summed E-state index contributed by atoms with van der Waals surface area (Å²) in [6, 6.07) is 6.21. The number of aromatic nitrogens is 2. The van der Waals surface area contributed by atoms with E-state index in [1.807, 2.05) is 24.6 Å². The number of benzene rings is 1. The monoisotopic (exact) mass is 289 g/mol. The van der Waals surface area contributed by atoms with E-state index >= 15 is 0 Å². The molecule has 0 radical (unpaired) electrons. The molecule has 0 atom stereocenters. The van der Waals surface area contributed by atoms with Gasteiger partial charge in [0.25, 0.3) is 5.91 Å². The summed E-state index contributed by atoms with van der Waals surface area (Å²) >= 11 is 0. The standard InChI is InChI=1S/C16H20FN3O/c1-11-9-14(17)5-6-15(11)16(21)18-7-4-8-20-13(3)10-12(2)19-20/h5-6,9-10H,4,7-8H2,1-3H3,(H,18,21). The van der Waals surface area contributed by atoms with Gasteiger partial charge >= 0.3 is 0 Å². The molecule has 0 spiro atoms. The number of rotatable bonds is 5. The van der Waals surface area contributed by atoms with Gasteiger partial charge in [-0.05, 0) is 57.0 Å². The van der Waals surface area contributed by atoms with Crippen LogP contribution < -0.4 is 5.32 Å². The van der Waals surface area contributed by atoms with Gasteiger partial charge in [0.15, 0.2) is 0 Å². The number of amides is 1. The molecule has 0 bridgehead atoms. The normalized spacial score (nSPS) is 10.7. The lowest BCUT2D eigenvalue weighted by atomic mass is 10.1. The van der Waals surface area contributed by atoms with E-state index in [4.69, 9.17) is 0 Å². The highest BCUT2D eigenvalue weighted by atomic mass is 19.1. The van der Waals surface area contributed by atoms with Crippen molar-refractivity contribution < 1.29 is 9.18 Å². The molecule has 2 rings (SSSR count). The third kappa shape index (κ3) is 3.90. The average Bonchev–Trinajstić information content (AvgIpc) is 2.73. The SMILES string of the molecule is Cc1cc(C)n(CCCNC(=O)c2ccc(F)cc2C)n1. The van der Waals surface area contributed by atoms with Crippen LogP contribution in [0, 0.1) is 26.6 Å². The molecule has 1 aromatic carbocycles. The van der Waals surface area contributed by atoms with Crippen LogP contribution in [-0.4, -0.2) is 22.2 Å². The topological polar surface area (TPSA) is 46.9 Å². The third-order valence-corrected chi connectivity index (χ3v) is 3.37. The molecule has 5 heteroatoms. The molecule has 0 fully saturated rings. The Morgan fingerprint density at radius 1 is 1.29 bits per heavy atom. The van der Waals surface area contributed by atoms with Crippen LogP contribution in [0.1, 0.15) is 33.7 Å². The molecule has 21 heavy (non-hydrogen) atoms. The van der Waals surface area contributed by atoms with E-state index in [0.717, 1.165) is 24.4 Å². The smallest absolute Gasteiger partial charge is 0.251 e. The number of nitrogens with one attached hydrogen (secondary N) is 1. The maximum atomic E-state index is 13.0. The molecule has 1 heterocycles. The van der Waals surface area contributed by atoms with Crippen molar-refractivity contribution in [3.63, 3.8) is 0 Å². The molecular formula is C16H20FN3O. The van der Waals surface area contributed by atoms with E-state index in [1.54, 1.807) is 6.92 Å². The van der Waals surface area contributed by atoms with Gasteiger partial charge in [-0.1, -0.05) is 0 Å². The molecule has 1 amide bonds. The lowest BCUT2D eigenvalue weighted by molar-refractivity contribution is 0.0952. The molecule has 0 saturated carbocycles. The number of hydrogen-bond donors (Lipinski definition) is 1. The third-order valence-electron chi connectivity index (χ3n) is 3.37. The molecule has 4 nitrogen and oxygen atoms in total. The fourth-order valence-corrected chi connectivity index (χ4v) is 2.31. The Bertz CT molecular complexity index is 649. The molecule has 0 aliphatic carbocycles. The van der Waals surface area contributed by atoms with Crippen LogP contribution >= 0.6 is 0 Å². The Hall–Kier alpha value is -2.17. The van der Waals surface area contributed by atoms with Crippen LogP contribution in [0.15, 0.2) is 24.3 Å². The first-order valence-electron chi connectivity index (χ1n) is 7.03. The first-order valence-corrected chi connectivity index (χ1v) is 7.03. The number of aryl methyl sites for hydroxylation is 4. The van der Waals surface area contributed by atoms with Crippen molar-refractivity contribution in [1.29, 1.82) is 0 Å². The predicted octanol–water partition coefficient (Wildman–Crippen LogP) is 2.77. The highest BCUT2D eigenvalue weighted by Gasteiger charge is 2.09. The summed E-state index contributed by atoms with van der Waals surface area (Å²) in [6.45, 7) is 7.03. The van der Waals surface area contributed by atoms with Gasteiger partial charge in [0.1, 0.15) is 5.82 Å². The van der Waals surface area contributed by atoms with Gasteiger partial charge < -0.3 is 5.32 Å². The fraction of sp³-hybridized carbons (Fsp3) is 0.375. The Morgan fingerprint density at radius 2 is 2.05 bits per heavy atom. The Labute approximate surface area is 124 Å². The number of hydrogen-bond acceptors (Lipinski definition) is 2. The van der Waals surface area contributed by atoms with Gasteiger partial charge in [0.05, 0.1) is 5.69 Å². The fourth-order valence-electron chi connectivity index (χ4n) is 2.31. The van der Waals surface area contributed by atoms with Crippen molar-refractivity contribution in [1.82, 2.24) is 15.1 Å². The minimum Gasteiger partial charge on any atom is -0.352 e. The van der Waals surface area contributed by atoms with Crippen molar-refractivity contribution in [2.24, 2.45) is 0 Å². The molecule has 0 saturated heterocycles. The van der Waals surface area contributed by atoms with Gasteiger partial charge in [-0.3, -0.25) is 9.48 Å². The van der Waals surface area contributed by atoms with E-state index < -0.39 is 0 Å². The summed E-state index contributed by atoms with van der Waals surface area (Å²) in [5.74, 6) is -0.491. The zero-order valence-electron chi connectivity index (χ0n) is 12.6. The summed E-state index contributed by atoms with van der Waals surface area (Å²) in [6.07, 6.45) is 0.800. The van der Waals surface area contributed by atoms with E-state index in [2.05, 4.69) is 10.4 Å². The molecule has 1 N–H and O–H groups in total. The molecule has 2 aromatic rings. The summed E-state index contributed by atoms with van der Waals surface area (Å²) < 4.78 is 14.9. The maximum Gasteiger partial charge on any atom is 0.251 e. The van der Waals surface area contributed by atoms with Gasteiger partial charge in [-0.2, -0.15) is 5.10 Å². The highest BCUT2D eigenvalue weighted by Crippen LogP contribution is 2.10. The largest absolute Gasteiger partial charge is 0.352 e. The van der Waals surface area contributed by atoms with E-state index in [-0.39, 0.29) is 11.7 Å². The van der Waals surface area contributed by atoms with Gasteiger partial charge in [-0.15, -0.1) is 0 Å². The highest BCUT2D eigenvalue weighted by molar-refractivity contribution is 5.95. The van der Waals surface area contributed by atoms with Crippen LogP contribution in [0.4, 0.5) is 4.39 Å². The minimum atomic E-state index is -0.325. The number of carbonyl (C=O) groups is 1. The van der Waals surface area contributed by atoms with Crippen LogP contribution in [0.25, 0.3) is 0 Å². The van der Waals surface area contributed by atoms with Gasteiger partial charge in [0.2, 0.25) is 0 Å². The van der Waals surface area contributed by atoms with E-state index in [1.165, 1.54) is 18.2 Å². The molecule has 1 aromatic heterocycles. The Morgan fingerprint density at radius 3 is 2.67 bits per heavy atom. The number of halogens is 1. The second-order valence-electron chi connectivity index (χ2n) is 5.22. The van der Waals surface area contributed by atoms with Gasteiger partial charge in [-0.25, -0.2) is 4.39 Å². The lowest BCUT2D eigenvalue weighted by Crippen LogP contribution is -2.26. The van der Waals surface area contributed by atoms with E-state index in [9.17, 15) is 9.18 Å². The van der Waals surface area contributed by atoms with Crippen molar-refractivity contribution in [3.8, 4) is 0 Å². The maximum absolute atomic E-state index is 13.0. The Balaban J connectivity index is 1.83. The number of carbonyl (C=O) groups excluding carboxylic acids is 1. The molecule has 0 unspecified atom stereocenters. The van der Waals surface area contributed by atoms with Crippen LogP contribution in [0.5, 0.6) is 0 Å². The predicted molar refractivity (Wildman–Crippen MR) is 79.8 cm³/mol. The van der Waals surface area contributed by atoms with Crippen molar-refractivity contribution in [2.75, 3.05) is 6.54 Å². The average molecular weight is 289 g/mol. The summed E-state index contributed by atoms with van der Waals surface area (Å²) in [5, 5.41) is 7.22. The number of nitrogens with zero attached hydrogens (tertiary/aromatic N) is 2. The summed E-state index contributed by atoms with van der Waals surface area (Å²) in [5.41, 5.74) is 3.28. The molecule has 0 aliphatic heterocycles. The Kier molecular flexibility index (Phi) is 4.73. The van der Waals surface area contributed by atoms with Crippen LogP contribution in [0.3, 0.4) is 0 Å². The van der Waals surface area contributed by atoms with Crippen LogP contribution in [-0.2, 0) is 6.54 Å². The summed E-state index contributed by atoms with van der Waals surface area (Å²) in [7, 11) is 0. The first kappa shape index (κ1) is 15.2. The summed E-state index contributed by atoms with van der Waals surface area (Å²) in [4.78, 5) is 12.0. The zero-order valence-corrected chi connectivity index (χ0v) is 12.6. The van der Waals surface area contributed by atoms with Crippen molar-refractivity contribution in [3.05, 3.63) is 52.6 Å². The van der Waals surface area contributed by atoms with Crippen LogP contribution in [0.2, 0.25) is 0 Å². The molecule has 0 aliphatic rings. The van der Waals surface area contributed by atoms with Gasteiger partial charge in [0, 0.05) is 24.3 Å². The second-order valence-corrected chi connectivity index (χ2v) is 5.22. The zero-order chi connectivity index (χ0) is 15.4.